The molecule has 1 atom stereocenters. The Balaban J connectivity index is 1.67. The zero-order valence-electron chi connectivity index (χ0n) is 11.3. The van der Waals surface area contributed by atoms with Gasteiger partial charge in [0.1, 0.15) is 6.54 Å². The van der Waals surface area contributed by atoms with E-state index in [1.807, 2.05) is 16.8 Å². The lowest BCUT2D eigenvalue weighted by atomic mass is 10.2. The first-order valence-electron chi connectivity index (χ1n) is 6.56. The summed E-state index contributed by atoms with van der Waals surface area (Å²) < 4.78 is 5.25. The topological polar surface area (TPSA) is 93.4 Å². The minimum absolute atomic E-state index is 0.00758. The number of rotatable bonds is 4. The Labute approximate surface area is 124 Å². The lowest BCUT2D eigenvalue weighted by Crippen LogP contribution is -2.51. The number of hydrogen-bond donors (Lipinski definition) is 1. The van der Waals surface area contributed by atoms with Crippen molar-refractivity contribution in [3.05, 3.63) is 16.8 Å². The van der Waals surface area contributed by atoms with Gasteiger partial charge < -0.3 is 14.7 Å². The van der Waals surface area contributed by atoms with Gasteiger partial charge in [0.2, 0.25) is 11.7 Å². The van der Waals surface area contributed by atoms with Gasteiger partial charge in [-0.1, -0.05) is 0 Å². The quantitative estimate of drug-likeness (QED) is 0.827. The smallest absolute Gasteiger partial charge is 0.246 e. The minimum Gasteiger partial charge on any atom is -0.394 e. The van der Waals surface area contributed by atoms with Gasteiger partial charge in [-0.05, 0) is 16.7 Å². The van der Waals surface area contributed by atoms with E-state index in [9.17, 15) is 9.90 Å². The number of nitrogens with zero attached hydrogens (tertiary/aromatic N) is 5. The highest BCUT2D eigenvalue weighted by Crippen LogP contribution is 2.16. The number of ether oxygens (including phenoxy) is 1. The van der Waals surface area contributed by atoms with Gasteiger partial charge in [0, 0.05) is 17.5 Å². The van der Waals surface area contributed by atoms with E-state index in [-0.39, 0.29) is 25.1 Å². The molecule has 21 heavy (non-hydrogen) atoms. The molecule has 3 heterocycles. The number of aromatic nitrogens is 4. The fraction of sp³-hybridized carbons (Fsp3) is 0.500. The highest BCUT2D eigenvalue weighted by atomic mass is 32.1. The molecule has 1 saturated heterocycles. The molecule has 0 radical (unpaired) electrons. The molecule has 112 valence electrons. The predicted molar refractivity (Wildman–Crippen MR) is 74.5 cm³/mol. The highest BCUT2D eigenvalue weighted by Gasteiger charge is 2.27. The van der Waals surface area contributed by atoms with Gasteiger partial charge in [-0.25, -0.2) is 0 Å². The fourth-order valence-corrected chi connectivity index (χ4v) is 2.80. The van der Waals surface area contributed by atoms with Gasteiger partial charge in [0.05, 0.1) is 25.9 Å². The molecule has 2 aromatic rings. The van der Waals surface area contributed by atoms with Crippen LogP contribution in [0.2, 0.25) is 0 Å². The molecule has 0 spiro atoms. The van der Waals surface area contributed by atoms with Crippen LogP contribution < -0.4 is 0 Å². The Hall–Kier alpha value is -1.84. The van der Waals surface area contributed by atoms with Crippen molar-refractivity contribution in [2.45, 2.75) is 12.6 Å². The van der Waals surface area contributed by atoms with E-state index in [2.05, 4.69) is 15.4 Å². The summed E-state index contributed by atoms with van der Waals surface area (Å²) in [5.74, 6) is 0.358. The van der Waals surface area contributed by atoms with Gasteiger partial charge in [-0.15, -0.1) is 10.2 Å². The van der Waals surface area contributed by atoms with Crippen LogP contribution in [0.25, 0.3) is 11.4 Å². The largest absolute Gasteiger partial charge is 0.394 e. The van der Waals surface area contributed by atoms with E-state index in [4.69, 9.17) is 4.74 Å². The molecular weight excluding hydrogens is 294 g/mol. The number of carbonyl (C=O) groups excluding carboxylic acids is 1. The number of morpholine rings is 1. The molecule has 8 nitrogen and oxygen atoms in total. The summed E-state index contributed by atoms with van der Waals surface area (Å²) in [5.41, 5.74) is 0.887. The van der Waals surface area contributed by atoms with Crippen molar-refractivity contribution < 1.29 is 14.6 Å². The molecule has 1 fully saturated rings. The lowest BCUT2D eigenvalue weighted by molar-refractivity contribution is -0.142. The van der Waals surface area contributed by atoms with Crippen molar-refractivity contribution in [1.29, 1.82) is 0 Å². The van der Waals surface area contributed by atoms with E-state index in [1.54, 1.807) is 16.2 Å². The van der Waals surface area contributed by atoms with Crippen molar-refractivity contribution in [3.63, 3.8) is 0 Å². The third kappa shape index (κ3) is 3.09. The number of aliphatic hydroxyl groups excluding tert-OH is 1. The van der Waals surface area contributed by atoms with Crippen LogP contribution in [0.3, 0.4) is 0 Å². The van der Waals surface area contributed by atoms with E-state index in [0.29, 0.717) is 25.6 Å². The third-order valence-corrected chi connectivity index (χ3v) is 3.95. The molecule has 0 bridgehead atoms. The fourth-order valence-electron chi connectivity index (χ4n) is 2.16. The summed E-state index contributed by atoms with van der Waals surface area (Å²) in [6.07, 6.45) is 0. The van der Waals surface area contributed by atoms with E-state index >= 15 is 0 Å². The second kappa shape index (κ2) is 6.29. The zero-order chi connectivity index (χ0) is 14.7. The second-order valence-electron chi connectivity index (χ2n) is 4.65. The van der Waals surface area contributed by atoms with Gasteiger partial charge in [-0.2, -0.15) is 16.1 Å². The standard InChI is InChI=1S/C12H15N5O3S/c18-6-10-7-20-3-2-16(10)11(19)5-17-14-12(13-15-17)9-1-4-21-8-9/h1,4,8,10,18H,2-3,5-7H2. The molecule has 0 aromatic carbocycles. The molecule has 1 amide bonds. The van der Waals surface area contributed by atoms with E-state index in [0.717, 1.165) is 5.56 Å². The second-order valence-corrected chi connectivity index (χ2v) is 5.43. The summed E-state index contributed by atoms with van der Waals surface area (Å²) in [4.78, 5) is 15.2. The molecule has 0 aliphatic carbocycles. The molecule has 1 unspecified atom stereocenters. The predicted octanol–water partition coefficient (Wildman–Crippen LogP) is -0.379. The Morgan fingerprint density at radius 1 is 1.57 bits per heavy atom. The van der Waals surface area contributed by atoms with Crippen molar-refractivity contribution in [2.24, 2.45) is 0 Å². The lowest BCUT2D eigenvalue weighted by Gasteiger charge is -2.34. The minimum atomic E-state index is -0.300. The number of carbonyl (C=O) groups is 1. The van der Waals surface area contributed by atoms with Crippen LogP contribution in [-0.2, 0) is 16.1 Å². The molecule has 1 aliphatic rings. The van der Waals surface area contributed by atoms with Gasteiger partial charge >= 0.3 is 0 Å². The number of thiophene rings is 1. The zero-order valence-corrected chi connectivity index (χ0v) is 12.1. The van der Waals surface area contributed by atoms with Crippen LogP contribution >= 0.6 is 11.3 Å². The van der Waals surface area contributed by atoms with Crippen LogP contribution in [0.1, 0.15) is 0 Å². The van der Waals surface area contributed by atoms with E-state index in [1.165, 1.54) is 4.80 Å². The number of tetrazole rings is 1. The Kier molecular flexibility index (Phi) is 4.23. The summed E-state index contributed by atoms with van der Waals surface area (Å²) >= 11 is 1.55. The Bertz CT molecular complexity index is 600. The number of hydrogen-bond acceptors (Lipinski definition) is 7. The summed E-state index contributed by atoms with van der Waals surface area (Å²) in [7, 11) is 0. The Morgan fingerprint density at radius 2 is 2.48 bits per heavy atom. The average Bonchev–Trinajstić information content (AvgIpc) is 3.17. The van der Waals surface area contributed by atoms with Crippen molar-refractivity contribution >= 4 is 17.2 Å². The van der Waals surface area contributed by atoms with Crippen molar-refractivity contribution in [2.75, 3.05) is 26.4 Å². The van der Waals surface area contributed by atoms with Gasteiger partial charge in [0.15, 0.2) is 0 Å². The summed E-state index contributed by atoms with van der Waals surface area (Å²) in [6, 6.07) is 1.60. The first-order valence-corrected chi connectivity index (χ1v) is 7.50. The van der Waals surface area contributed by atoms with Gasteiger partial charge in [-0.3, -0.25) is 4.79 Å². The van der Waals surface area contributed by atoms with Crippen molar-refractivity contribution in [1.82, 2.24) is 25.1 Å². The summed E-state index contributed by atoms with van der Waals surface area (Å²) in [6.45, 7) is 1.20. The average molecular weight is 309 g/mol. The SMILES string of the molecule is O=C(Cn1nnc(-c2ccsc2)n1)N1CCOCC1CO. The maximum absolute atomic E-state index is 12.3. The highest BCUT2D eigenvalue weighted by molar-refractivity contribution is 7.08. The molecule has 0 saturated carbocycles. The normalized spacial score (nSPS) is 18.9. The van der Waals surface area contributed by atoms with Crippen LogP contribution in [0, 0.1) is 0 Å². The molecule has 3 rings (SSSR count). The maximum atomic E-state index is 12.3. The first kappa shape index (κ1) is 14.1. The molecule has 2 aromatic heterocycles. The molecule has 1 aliphatic heterocycles. The third-order valence-electron chi connectivity index (χ3n) is 3.27. The first-order chi connectivity index (χ1) is 10.3. The molecule has 1 N–H and O–H groups in total. The molecular formula is C12H15N5O3S. The van der Waals surface area contributed by atoms with Crippen LogP contribution in [0.4, 0.5) is 0 Å². The maximum Gasteiger partial charge on any atom is 0.246 e. The van der Waals surface area contributed by atoms with Gasteiger partial charge in [0.25, 0.3) is 0 Å². The molecule has 9 heteroatoms. The monoisotopic (exact) mass is 309 g/mol. The van der Waals surface area contributed by atoms with E-state index < -0.39 is 0 Å². The number of amides is 1. The number of aliphatic hydroxyl groups is 1. The van der Waals surface area contributed by atoms with Crippen molar-refractivity contribution in [3.8, 4) is 11.4 Å². The van der Waals surface area contributed by atoms with Crippen LogP contribution in [-0.4, -0.2) is 68.5 Å². The van der Waals surface area contributed by atoms with Crippen LogP contribution in [0.5, 0.6) is 0 Å². The summed E-state index contributed by atoms with van der Waals surface area (Å²) in [5, 5.41) is 25.2. The Morgan fingerprint density at radius 3 is 3.24 bits per heavy atom. The van der Waals surface area contributed by atoms with Crippen LogP contribution in [0.15, 0.2) is 16.8 Å².